The molecule has 4 N–H and O–H groups in total. The molecule has 204 valence electrons. The average Bonchev–Trinajstić information content (AvgIpc) is 3.28. The van der Waals surface area contributed by atoms with Crippen molar-refractivity contribution in [2.24, 2.45) is 11.6 Å². The van der Waals surface area contributed by atoms with E-state index in [0.717, 1.165) is 51.0 Å². The molecular weight excluding hydrogens is 513 g/mol. The second-order valence-corrected chi connectivity index (χ2v) is 10.0. The van der Waals surface area contributed by atoms with Gasteiger partial charge in [0.1, 0.15) is 29.3 Å². The average molecular weight is 546 g/mol. The van der Waals surface area contributed by atoms with Gasteiger partial charge in [-0.3, -0.25) is 14.3 Å². The minimum Gasteiger partial charge on any atom is -0.475 e. The number of ether oxygens (including phenoxy) is 3. The Morgan fingerprint density at radius 3 is 2.63 bits per heavy atom. The van der Waals surface area contributed by atoms with E-state index in [1.807, 2.05) is 13.0 Å². The van der Waals surface area contributed by atoms with Crippen molar-refractivity contribution in [2.45, 2.75) is 38.0 Å². The fraction of sp³-hybridized carbons (Fsp3) is 0.462. The van der Waals surface area contributed by atoms with Crippen LogP contribution in [0.2, 0.25) is 5.15 Å². The summed E-state index contributed by atoms with van der Waals surface area (Å²) in [6, 6.07) is 7.27. The van der Waals surface area contributed by atoms with Crippen LogP contribution >= 0.6 is 11.6 Å². The molecule has 38 heavy (non-hydrogen) atoms. The van der Waals surface area contributed by atoms with E-state index in [1.165, 1.54) is 6.07 Å². The Morgan fingerprint density at radius 2 is 2.00 bits per heavy atom. The molecule has 2 aliphatic rings. The molecule has 5 heterocycles. The molecule has 1 unspecified atom stereocenters. The minimum atomic E-state index is -0.525. The van der Waals surface area contributed by atoms with Crippen molar-refractivity contribution in [3.8, 4) is 5.88 Å². The number of halogens is 2. The number of piperidine rings is 1. The summed E-state index contributed by atoms with van der Waals surface area (Å²) < 4.78 is 32.0. The van der Waals surface area contributed by atoms with Crippen LogP contribution < -0.4 is 16.3 Å². The third-order valence-electron chi connectivity index (χ3n) is 7.39. The molecule has 0 aromatic carbocycles. The molecular formula is C26H33ClFN7O3. The molecule has 0 bridgehead atoms. The Morgan fingerprint density at radius 1 is 1.24 bits per heavy atom. The highest BCUT2D eigenvalue weighted by Gasteiger charge is 2.31. The number of nitrogens with two attached hydrogens (primary N) is 2. The van der Waals surface area contributed by atoms with Crippen molar-refractivity contribution in [3.05, 3.63) is 64.6 Å². The zero-order valence-electron chi connectivity index (χ0n) is 21.5. The van der Waals surface area contributed by atoms with E-state index >= 15 is 0 Å². The van der Waals surface area contributed by atoms with E-state index in [0.29, 0.717) is 39.7 Å². The van der Waals surface area contributed by atoms with Gasteiger partial charge in [0.2, 0.25) is 5.88 Å². The first-order valence-electron chi connectivity index (χ1n) is 12.6. The molecule has 0 amide bonds. The van der Waals surface area contributed by atoms with Crippen LogP contribution in [0.3, 0.4) is 0 Å². The van der Waals surface area contributed by atoms with Crippen molar-refractivity contribution in [1.29, 1.82) is 0 Å². The van der Waals surface area contributed by atoms with Crippen molar-refractivity contribution in [1.82, 2.24) is 24.3 Å². The quantitative estimate of drug-likeness (QED) is 0.309. The molecule has 2 fully saturated rings. The molecule has 0 radical (unpaired) electrons. The van der Waals surface area contributed by atoms with Crippen LogP contribution in [0.1, 0.15) is 37.1 Å². The number of nitrogens with zero attached hydrogens (tertiary/aromatic N) is 5. The number of likely N-dealkylation sites (tertiary alicyclic amines) is 1. The lowest BCUT2D eigenvalue weighted by atomic mass is 10.0. The first-order chi connectivity index (χ1) is 18.4. The molecule has 0 aliphatic carbocycles. The number of fused-ring (bicyclic) bond motifs is 1. The van der Waals surface area contributed by atoms with Gasteiger partial charge in [-0.15, -0.1) is 0 Å². The summed E-state index contributed by atoms with van der Waals surface area (Å²) >= 11 is 6.41. The van der Waals surface area contributed by atoms with Crippen LogP contribution in [0, 0.1) is 5.82 Å². The summed E-state index contributed by atoms with van der Waals surface area (Å²) in [6.07, 6.45) is 4.08. The molecule has 0 saturated carbocycles. The maximum Gasteiger partial charge on any atom is 0.201 e. The predicted molar refractivity (Wildman–Crippen MR) is 142 cm³/mol. The fourth-order valence-electron chi connectivity index (χ4n) is 4.90. The van der Waals surface area contributed by atoms with Crippen LogP contribution in [-0.2, 0) is 9.47 Å². The van der Waals surface area contributed by atoms with E-state index < -0.39 is 11.9 Å². The van der Waals surface area contributed by atoms with E-state index in [1.54, 1.807) is 34.8 Å². The highest BCUT2D eigenvalue weighted by molar-refractivity contribution is 6.29. The van der Waals surface area contributed by atoms with Crippen LogP contribution in [0.25, 0.3) is 11.3 Å². The maximum absolute atomic E-state index is 13.3. The molecule has 5 rings (SSSR count). The summed E-state index contributed by atoms with van der Waals surface area (Å²) in [7, 11) is 1.54. The summed E-state index contributed by atoms with van der Waals surface area (Å²) in [5.74, 6) is 6.58. The SMILES string of the molecule is COC(COc1cc(/C(N)=C(\C)N(N)C2CCN(C3COC3)CC2)cc2ncc(Cl)n12)c1ccc(F)cn1. The Labute approximate surface area is 225 Å². The van der Waals surface area contributed by atoms with Gasteiger partial charge in [0, 0.05) is 43.6 Å². The van der Waals surface area contributed by atoms with Crippen LogP contribution in [0.15, 0.2) is 42.4 Å². The molecule has 3 aromatic rings. The number of aromatic nitrogens is 3. The lowest BCUT2D eigenvalue weighted by Gasteiger charge is -2.43. The number of hydrazine groups is 1. The lowest BCUT2D eigenvalue weighted by Crippen LogP contribution is -2.55. The molecule has 2 saturated heterocycles. The third kappa shape index (κ3) is 5.43. The molecule has 10 nitrogen and oxygen atoms in total. The first-order valence-corrected chi connectivity index (χ1v) is 13.0. The zero-order chi connectivity index (χ0) is 26.8. The summed E-state index contributed by atoms with van der Waals surface area (Å²) in [4.78, 5) is 11.0. The van der Waals surface area contributed by atoms with E-state index in [2.05, 4.69) is 14.9 Å². The van der Waals surface area contributed by atoms with Gasteiger partial charge in [0.15, 0.2) is 0 Å². The lowest BCUT2D eigenvalue weighted by molar-refractivity contribution is -0.0751. The first kappa shape index (κ1) is 26.6. The van der Waals surface area contributed by atoms with E-state index in [4.69, 9.17) is 37.4 Å². The van der Waals surface area contributed by atoms with Gasteiger partial charge in [-0.1, -0.05) is 11.6 Å². The Kier molecular flexibility index (Phi) is 8.01. The standard InChI is InChI=1S/C26H33ClFN7O3/c1-16(35(30)19-5-7-33(8-6-19)20-13-37-14-20)26(29)17-9-24-32-12-23(27)34(24)25(10-17)38-15-22(36-2)21-4-3-18(28)11-31-21/h3-4,9-12,19-20,22H,5-8,13-15,29-30H2,1-2H3/b26-16-. The number of imidazole rings is 1. The molecule has 12 heteroatoms. The predicted octanol–water partition coefficient (Wildman–Crippen LogP) is 2.97. The Balaban J connectivity index is 1.35. The topological polar surface area (TPSA) is 116 Å². The number of hydrogen-bond donors (Lipinski definition) is 2. The minimum absolute atomic E-state index is 0.110. The number of rotatable bonds is 9. The second-order valence-electron chi connectivity index (χ2n) is 9.66. The summed E-state index contributed by atoms with van der Waals surface area (Å²) in [5.41, 5.74) is 9.77. The third-order valence-corrected chi connectivity index (χ3v) is 7.66. The van der Waals surface area contributed by atoms with Crippen molar-refractivity contribution < 1.29 is 18.6 Å². The van der Waals surface area contributed by atoms with Crippen LogP contribution in [-0.4, -0.2) is 76.4 Å². The fourth-order valence-corrected chi connectivity index (χ4v) is 5.12. The van der Waals surface area contributed by atoms with Crippen LogP contribution in [0.4, 0.5) is 4.39 Å². The number of hydrogen-bond acceptors (Lipinski definition) is 9. The molecule has 0 spiro atoms. The van der Waals surface area contributed by atoms with Gasteiger partial charge in [-0.05, 0) is 38.0 Å². The molecule has 1 atom stereocenters. The number of pyridine rings is 2. The highest BCUT2D eigenvalue weighted by atomic mass is 35.5. The summed E-state index contributed by atoms with van der Waals surface area (Å²) in [5, 5.41) is 2.17. The Bertz CT molecular complexity index is 1290. The van der Waals surface area contributed by atoms with Gasteiger partial charge in [0.25, 0.3) is 0 Å². The van der Waals surface area contributed by atoms with Crippen molar-refractivity contribution in [2.75, 3.05) is 40.0 Å². The Hall–Kier alpha value is -2.96. The normalized spacial score (nSPS) is 18.8. The monoisotopic (exact) mass is 545 g/mol. The van der Waals surface area contributed by atoms with Crippen molar-refractivity contribution in [3.63, 3.8) is 0 Å². The summed E-state index contributed by atoms with van der Waals surface area (Å²) in [6.45, 7) is 5.64. The molecule has 2 aliphatic heterocycles. The molecule has 3 aromatic heterocycles. The number of methoxy groups -OCH3 is 1. The second kappa shape index (κ2) is 11.4. The van der Waals surface area contributed by atoms with Gasteiger partial charge < -0.3 is 25.0 Å². The van der Waals surface area contributed by atoms with Crippen LogP contribution in [0.5, 0.6) is 5.88 Å². The van der Waals surface area contributed by atoms with E-state index in [-0.39, 0.29) is 12.6 Å². The smallest absolute Gasteiger partial charge is 0.201 e. The zero-order valence-corrected chi connectivity index (χ0v) is 22.3. The van der Waals surface area contributed by atoms with Gasteiger partial charge >= 0.3 is 0 Å². The van der Waals surface area contributed by atoms with E-state index in [9.17, 15) is 4.39 Å². The largest absolute Gasteiger partial charge is 0.475 e. The van der Waals surface area contributed by atoms with Crippen molar-refractivity contribution >= 4 is 22.9 Å². The van der Waals surface area contributed by atoms with Gasteiger partial charge in [-0.2, -0.15) is 0 Å². The highest BCUT2D eigenvalue weighted by Crippen LogP contribution is 2.29. The van der Waals surface area contributed by atoms with Gasteiger partial charge in [-0.25, -0.2) is 15.2 Å². The number of allylic oxidation sites excluding steroid dienone is 1. The van der Waals surface area contributed by atoms with Gasteiger partial charge in [0.05, 0.1) is 43.0 Å². The maximum atomic E-state index is 13.3.